The van der Waals surface area contributed by atoms with Crippen LogP contribution in [-0.2, 0) is 0 Å². The van der Waals surface area contributed by atoms with Crippen molar-refractivity contribution in [3.63, 3.8) is 0 Å². The summed E-state index contributed by atoms with van der Waals surface area (Å²) >= 11 is 3.16. The van der Waals surface area contributed by atoms with E-state index in [1.165, 1.54) is 12.1 Å². The van der Waals surface area contributed by atoms with Crippen molar-refractivity contribution in [2.75, 3.05) is 0 Å². The Kier molecular flexibility index (Phi) is 3.81. The molecule has 0 aliphatic carbocycles. The molecule has 1 N–H and O–H groups in total. The van der Waals surface area contributed by atoms with Crippen molar-refractivity contribution in [1.29, 1.82) is 0 Å². The van der Waals surface area contributed by atoms with E-state index >= 15 is 0 Å². The van der Waals surface area contributed by atoms with Gasteiger partial charge in [0.1, 0.15) is 5.82 Å². The highest BCUT2D eigenvalue weighted by molar-refractivity contribution is 9.10. The normalized spacial score (nSPS) is 12.3. The smallest absolute Gasteiger partial charge is 0.249 e. The van der Waals surface area contributed by atoms with E-state index in [-0.39, 0.29) is 17.3 Å². The Labute approximate surface area is 128 Å². The van der Waals surface area contributed by atoms with Crippen molar-refractivity contribution in [3.05, 3.63) is 70.3 Å². The standard InChI is InChI=1S/C15H10BrFN2O2/c16-10-6-7-11(12(17)8-10)13(20)15-19-18-14(21-15)9-4-2-1-3-5-9/h1-8,13,20H/t13-/m1/s1. The van der Waals surface area contributed by atoms with Crippen LogP contribution < -0.4 is 0 Å². The Balaban J connectivity index is 1.92. The minimum atomic E-state index is -1.30. The van der Waals surface area contributed by atoms with Crippen molar-refractivity contribution < 1.29 is 13.9 Å². The largest absolute Gasteiger partial charge is 0.417 e. The molecule has 0 aliphatic heterocycles. The molecule has 0 saturated heterocycles. The number of hydrogen-bond donors (Lipinski definition) is 1. The van der Waals surface area contributed by atoms with E-state index in [4.69, 9.17) is 4.42 Å². The summed E-state index contributed by atoms with van der Waals surface area (Å²) in [5.74, 6) is -0.311. The van der Waals surface area contributed by atoms with Gasteiger partial charge in [-0.1, -0.05) is 40.2 Å². The van der Waals surface area contributed by atoms with Crippen molar-refractivity contribution in [2.45, 2.75) is 6.10 Å². The number of nitrogens with zero attached hydrogens (tertiary/aromatic N) is 2. The minimum Gasteiger partial charge on any atom is -0.417 e. The van der Waals surface area contributed by atoms with Crippen LogP contribution in [0.15, 0.2) is 57.4 Å². The van der Waals surface area contributed by atoms with Crippen molar-refractivity contribution in [1.82, 2.24) is 10.2 Å². The summed E-state index contributed by atoms with van der Waals surface area (Å²) in [5.41, 5.74) is 0.821. The van der Waals surface area contributed by atoms with E-state index in [1.54, 1.807) is 6.07 Å². The molecule has 0 amide bonds. The Hall–Kier alpha value is -2.05. The molecule has 1 aromatic heterocycles. The number of aliphatic hydroxyl groups is 1. The summed E-state index contributed by atoms with van der Waals surface area (Å²) < 4.78 is 19.8. The second-order valence-corrected chi connectivity index (χ2v) is 5.30. The predicted molar refractivity (Wildman–Crippen MR) is 77.9 cm³/mol. The van der Waals surface area contributed by atoms with E-state index in [1.807, 2.05) is 30.3 Å². The molecule has 1 heterocycles. The fourth-order valence-electron chi connectivity index (χ4n) is 1.90. The second-order valence-electron chi connectivity index (χ2n) is 4.38. The number of benzene rings is 2. The van der Waals surface area contributed by atoms with Gasteiger partial charge in [0, 0.05) is 15.6 Å². The van der Waals surface area contributed by atoms with Crippen molar-refractivity contribution in [2.24, 2.45) is 0 Å². The third-order valence-electron chi connectivity index (χ3n) is 2.95. The number of rotatable bonds is 3. The van der Waals surface area contributed by atoms with Crippen LogP contribution in [0, 0.1) is 5.82 Å². The first-order valence-electron chi connectivity index (χ1n) is 6.17. The molecule has 0 aliphatic rings. The molecule has 0 unspecified atom stereocenters. The quantitative estimate of drug-likeness (QED) is 0.783. The van der Waals surface area contributed by atoms with Gasteiger partial charge in [0.05, 0.1) is 0 Å². The van der Waals surface area contributed by atoms with Gasteiger partial charge in [-0.3, -0.25) is 0 Å². The molecule has 0 radical (unpaired) electrons. The molecule has 0 fully saturated rings. The molecular weight excluding hydrogens is 339 g/mol. The first-order valence-corrected chi connectivity index (χ1v) is 6.96. The van der Waals surface area contributed by atoms with Gasteiger partial charge in [0.15, 0.2) is 6.10 Å². The Bertz CT molecular complexity index is 761. The van der Waals surface area contributed by atoms with E-state index in [2.05, 4.69) is 26.1 Å². The van der Waals surface area contributed by atoms with Gasteiger partial charge >= 0.3 is 0 Å². The molecule has 1 atom stereocenters. The third-order valence-corrected chi connectivity index (χ3v) is 3.45. The fourth-order valence-corrected chi connectivity index (χ4v) is 2.23. The maximum atomic E-state index is 13.8. The summed E-state index contributed by atoms with van der Waals surface area (Å²) in [7, 11) is 0. The predicted octanol–water partition coefficient (Wildman–Crippen LogP) is 3.72. The van der Waals surface area contributed by atoms with Crippen LogP contribution >= 0.6 is 15.9 Å². The fraction of sp³-hybridized carbons (Fsp3) is 0.0667. The first-order chi connectivity index (χ1) is 10.1. The number of aliphatic hydroxyl groups excluding tert-OH is 1. The lowest BCUT2D eigenvalue weighted by atomic mass is 10.1. The molecular formula is C15H10BrFN2O2. The Morgan fingerprint density at radius 1 is 1.10 bits per heavy atom. The topological polar surface area (TPSA) is 59.2 Å². The highest BCUT2D eigenvalue weighted by atomic mass is 79.9. The number of aromatic nitrogens is 2. The molecule has 3 aromatic rings. The third kappa shape index (κ3) is 2.86. The molecule has 2 aromatic carbocycles. The van der Waals surface area contributed by atoms with Gasteiger partial charge in [-0.2, -0.15) is 0 Å². The van der Waals surface area contributed by atoms with E-state index in [0.717, 1.165) is 5.56 Å². The maximum Gasteiger partial charge on any atom is 0.249 e. The summed E-state index contributed by atoms with van der Waals surface area (Å²) in [6, 6.07) is 13.5. The van der Waals surface area contributed by atoms with E-state index in [9.17, 15) is 9.50 Å². The van der Waals surface area contributed by atoms with Gasteiger partial charge in [0.25, 0.3) is 0 Å². The maximum absolute atomic E-state index is 13.8. The molecule has 4 nitrogen and oxygen atoms in total. The van der Waals surface area contributed by atoms with Crippen LogP contribution in [0.25, 0.3) is 11.5 Å². The number of hydrogen-bond acceptors (Lipinski definition) is 4. The zero-order chi connectivity index (χ0) is 14.8. The Morgan fingerprint density at radius 3 is 2.57 bits per heavy atom. The molecule has 106 valence electrons. The lowest BCUT2D eigenvalue weighted by Gasteiger charge is -2.07. The molecule has 0 bridgehead atoms. The molecule has 0 saturated carbocycles. The Morgan fingerprint density at radius 2 is 1.86 bits per heavy atom. The zero-order valence-electron chi connectivity index (χ0n) is 10.7. The second kappa shape index (κ2) is 5.75. The van der Waals surface area contributed by atoms with Crippen molar-refractivity contribution >= 4 is 15.9 Å². The first kappa shape index (κ1) is 13.9. The average molecular weight is 349 g/mol. The molecule has 3 rings (SSSR count). The highest BCUT2D eigenvalue weighted by Gasteiger charge is 2.21. The average Bonchev–Trinajstić information content (AvgIpc) is 2.97. The zero-order valence-corrected chi connectivity index (χ0v) is 12.3. The van der Waals surface area contributed by atoms with Crippen LogP contribution in [0.4, 0.5) is 4.39 Å². The summed E-state index contributed by atoms with van der Waals surface area (Å²) in [4.78, 5) is 0. The van der Waals surface area contributed by atoms with Gasteiger partial charge in [-0.15, -0.1) is 10.2 Å². The monoisotopic (exact) mass is 348 g/mol. The van der Waals surface area contributed by atoms with E-state index in [0.29, 0.717) is 4.47 Å². The van der Waals surface area contributed by atoms with Crippen LogP contribution in [0.5, 0.6) is 0 Å². The van der Waals surface area contributed by atoms with E-state index < -0.39 is 11.9 Å². The van der Waals surface area contributed by atoms with Crippen LogP contribution in [0.1, 0.15) is 17.6 Å². The van der Waals surface area contributed by atoms with Gasteiger partial charge in [0.2, 0.25) is 11.8 Å². The van der Waals surface area contributed by atoms with Gasteiger partial charge < -0.3 is 9.52 Å². The minimum absolute atomic E-state index is 0.0462. The highest BCUT2D eigenvalue weighted by Crippen LogP contribution is 2.27. The number of halogens is 2. The summed E-state index contributed by atoms with van der Waals surface area (Å²) in [6.07, 6.45) is -1.30. The summed E-state index contributed by atoms with van der Waals surface area (Å²) in [5, 5.41) is 17.8. The molecule has 0 spiro atoms. The van der Waals surface area contributed by atoms with Crippen LogP contribution in [0.3, 0.4) is 0 Å². The van der Waals surface area contributed by atoms with Gasteiger partial charge in [-0.05, 0) is 24.3 Å². The van der Waals surface area contributed by atoms with Crippen molar-refractivity contribution in [3.8, 4) is 11.5 Å². The molecule has 21 heavy (non-hydrogen) atoms. The van der Waals surface area contributed by atoms with Crippen LogP contribution in [-0.4, -0.2) is 15.3 Å². The summed E-state index contributed by atoms with van der Waals surface area (Å²) in [6.45, 7) is 0. The lowest BCUT2D eigenvalue weighted by molar-refractivity contribution is 0.179. The van der Waals surface area contributed by atoms with Gasteiger partial charge in [-0.25, -0.2) is 4.39 Å². The molecule has 6 heteroatoms. The lowest BCUT2D eigenvalue weighted by Crippen LogP contribution is -2.03. The SMILES string of the molecule is O[C@@H](c1nnc(-c2ccccc2)o1)c1ccc(Br)cc1F. The van der Waals surface area contributed by atoms with Crippen LogP contribution in [0.2, 0.25) is 0 Å².